The molecule has 1 aromatic carbocycles. The second kappa shape index (κ2) is 7.90. The van der Waals surface area contributed by atoms with Crippen LogP contribution in [-0.2, 0) is 10.0 Å². The van der Waals surface area contributed by atoms with Crippen molar-refractivity contribution in [1.82, 2.24) is 9.73 Å². The zero-order chi connectivity index (χ0) is 17.7. The number of hydrazone groups is 1. The van der Waals surface area contributed by atoms with E-state index in [2.05, 4.69) is 17.5 Å². The number of amides is 1. The molecule has 7 heteroatoms. The van der Waals surface area contributed by atoms with Crippen molar-refractivity contribution in [2.45, 2.75) is 44.9 Å². The van der Waals surface area contributed by atoms with E-state index in [4.69, 9.17) is 0 Å². The molecule has 1 aliphatic rings. The normalized spacial score (nSPS) is 17.7. The first kappa shape index (κ1) is 18.6. The maximum absolute atomic E-state index is 12.4. The SMILES string of the molecule is CC[C@@H](C)/C(C)=N\NC(=O)c1ccc(S(=O)(=O)N2CCCC2)cc1. The van der Waals surface area contributed by atoms with Crippen molar-refractivity contribution in [3.8, 4) is 0 Å². The number of nitrogens with one attached hydrogen (secondary N) is 1. The summed E-state index contributed by atoms with van der Waals surface area (Å²) < 4.78 is 26.4. The van der Waals surface area contributed by atoms with Crippen molar-refractivity contribution in [2.75, 3.05) is 13.1 Å². The standard InChI is InChI=1S/C17H25N3O3S/c1-4-13(2)14(3)18-19-17(21)15-7-9-16(10-8-15)24(22,23)20-11-5-6-12-20/h7-10,13H,4-6,11-12H2,1-3H3,(H,19,21)/b18-14-/t13-/m1/s1. The third kappa shape index (κ3) is 4.21. The van der Waals surface area contributed by atoms with Gasteiger partial charge in [0.2, 0.25) is 10.0 Å². The molecule has 6 nitrogen and oxygen atoms in total. The van der Waals surface area contributed by atoms with Gasteiger partial charge in [-0.15, -0.1) is 0 Å². The highest BCUT2D eigenvalue weighted by Gasteiger charge is 2.27. The number of benzene rings is 1. The third-order valence-electron chi connectivity index (χ3n) is 4.48. The highest BCUT2D eigenvalue weighted by molar-refractivity contribution is 7.89. The fraction of sp³-hybridized carbons (Fsp3) is 0.529. The summed E-state index contributed by atoms with van der Waals surface area (Å²) in [4.78, 5) is 12.3. The maximum Gasteiger partial charge on any atom is 0.271 e. The molecule has 0 aliphatic carbocycles. The summed E-state index contributed by atoms with van der Waals surface area (Å²) >= 11 is 0. The smallest absolute Gasteiger partial charge is 0.267 e. The van der Waals surface area contributed by atoms with E-state index in [1.54, 1.807) is 0 Å². The van der Waals surface area contributed by atoms with Crippen molar-refractivity contribution >= 4 is 21.6 Å². The maximum atomic E-state index is 12.4. The van der Waals surface area contributed by atoms with Gasteiger partial charge in [-0.25, -0.2) is 13.8 Å². The van der Waals surface area contributed by atoms with Gasteiger partial charge in [-0.2, -0.15) is 9.41 Å². The van der Waals surface area contributed by atoms with Crippen molar-refractivity contribution in [3.05, 3.63) is 29.8 Å². The highest BCUT2D eigenvalue weighted by Crippen LogP contribution is 2.21. The van der Waals surface area contributed by atoms with Crippen LogP contribution in [0, 0.1) is 5.92 Å². The lowest BCUT2D eigenvalue weighted by Gasteiger charge is -2.15. The average Bonchev–Trinajstić information content (AvgIpc) is 3.14. The Morgan fingerprint density at radius 2 is 1.83 bits per heavy atom. The Morgan fingerprint density at radius 1 is 1.25 bits per heavy atom. The van der Waals surface area contributed by atoms with Gasteiger partial charge < -0.3 is 0 Å². The zero-order valence-electron chi connectivity index (χ0n) is 14.4. The second-order valence-corrected chi connectivity index (χ2v) is 8.08. The summed E-state index contributed by atoms with van der Waals surface area (Å²) in [5, 5.41) is 4.10. The fourth-order valence-corrected chi connectivity index (χ4v) is 3.98. The van der Waals surface area contributed by atoms with Crippen LogP contribution >= 0.6 is 0 Å². The molecule has 1 N–H and O–H groups in total. The minimum Gasteiger partial charge on any atom is -0.267 e. The molecule has 0 saturated carbocycles. The van der Waals surface area contributed by atoms with Crippen LogP contribution in [0.2, 0.25) is 0 Å². The molecule has 1 atom stereocenters. The summed E-state index contributed by atoms with van der Waals surface area (Å²) in [6.07, 6.45) is 2.74. The van der Waals surface area contributed by atoms with Gasteiger partial charge in [0.05, 0.1) is 4.90 Å². The third-order valence-corrected chi connectivity index (χ3v) is 6.39. The number of hydrogen-bond acceptors (Lipinski definition) is 4. The van der Waals surface area contributed by atoms with E-state index in [-0.39, 0.29) is 10.8 Å². The molecular weight excluding hydrogens is 326 g/mol. The lowest BCUT2D eigenvalue weighted by atomic mass is 10.1. The van der Waals surface area contributed by atoms with Gasteiger partial charge in [0.25, 0.3) is 5.91 Å². The van der Waals surface area contributed by atoms with Gasteiger partial charge in [-0.05, 0) is 56.4 Å². The summed E-state index contributed by atoms with van der Waals surface area (Å²) in [7, 11) is -3.45. The van der Waals surface area contributed by atoms with Gasteiger partial charge in [0.1, 0.15) is 0 Å². The van der Waals surface area contributed by atoms with E-state index < -0.39 is 10.0 Å². The molecule has 0 aromatic heterocycles. The molecule has 0 radical (unpaired) electrons. The average molecular weight is 351 g/mol. The predicted octanol–water partition coefficient (Wildman–Crippen LogP) is 2.62. The molecule has 0 spiro atoms. The Bertz CT molecular complexity index is 705. The lowest BCUT2D eigenvalue weighted by Crippen LogP contribution is -2.28. The van der Waals surface area contributed by atoms with Crippen LogP contribution in [-0.4, -0.2) is 37.4 Å². The Kier molecular flexibility index (Phi) is 6.12. The van der Waals surface area contributed by atoms with Crippen LogP contribution in [0.1, 0.15) is 50.4 Å². The Balaban J connectivity index is 2.07. The topological polar surface area (TPSA) is 78.8 Å². The van der Waals surface area contributed by atoms with Crippen molar-refractivity contribution < 1.29 is 13.2 Å². The largest absolute Gasteiger partial charge is 0.271 e. The first-order valence-corrected chi connectivity index (χ1v) is 9.75. The van der Waals surface area contributed by atoms with Crippen molar-refractivity contribution in [3.63, 3.8) is 0 Å². The summed E-state index contributed by atoms with van der Waals surface area (Å²) in [6, 6.07) is 6.00. The van der Waals surface area contributed by atoms with E-state index in [1.807, 2.05) is 13.8 Å². The molecular formula is C17H25N3O3S. The van der Waals surface area contributed by atoms with Crippen LogP contribution in [0.15, 0.2) is 34.3 Å². The summed E-state index contributed by atoms with van der Waals surface area (Å²) in [5.41, 5.74) is 3.76. The fourth-order valence-electron chi connectivity index (χ4n) is 2.46. The van der Waals surface area contributed by atoms with E-state index in [0.717, 1.165) is 25.0 Å². The van der Waals surface area contributed by atoms with E-state index in [1.165, 1.54) is 28.6 Å². The molecule has 1 aliphatic heterocycles. The molecule has 1 heterocycles. The van der Waals surface area contributed by atoms with Gasteiger partial charge >= 0.3 is 0 Å². The molecule has 132 valence electrons. The van der Waals surface area contributed by atoms with Gasteiger partial charge in [-0.3, -0.25) is 4.79 Å². The Hall–Kier alpha value is -1.73. The van der Waals surface area contributed by atoms with Crippen molar-refractivity contribution in [1.29, 1.82) is 0 Å². The number of hydrogen-bond donors (Lipinski definition) is 1. The molecule has 0 unspecified atom stereocenters. The Morgan fingerprint density at radius 3 is 2.38 bits per heavy atom. The Labute approximate surface area is 144 Å². The number of sulfonamides is 1. The predicted molar refractivity (Wildman–Crippen MR) is 94.5 cm³/mol. The minimum atomic E-state index is -3.45. The molecule has 1 amide bonds. The van der Waals surface area contributed by atoms with Crippen LogP contribution in [0.4, 0.5) is 0 Å². The van der Waals surface area contributed by atoms with E-state index in [9.17, 15) is 13.2 Å². The molecule has 1 aromatic rings. The summed E-state index contributed by atoms with van der Waals surface area (Å²) in [5.74, 6) is -0.0407. The second-order valence-electron chi connectivity index (χ2n) is 6.14. The first-order chi connectivity index (χ1) is 11.4. The molecule has 1 fully saturated rings. The number of carbonyl (C=O) groups excluding carboxylic acids is 1. The molecule has 2 rings (SSSR count). The van der Waals surface area contributed by atoms with Crippen LogP contribution in [0.25, 0.3) is 0 Å². The number of rotatable bonds is 6. The van der Waals surface area contributed by atoms with Crippen LogP contribution < -0.4 is 5.43 Å². The summed E-state index contributed by atoms with van der Waals surface area (Å²) in [6.45, 7) is 7.11. The number of nitrogens with zero attached hydrogens (tertiary/aromatic N) is 2. The van der Waals surface area contributed by atoms with Crippen LogP contribution in [0.3, 0.4) is 0 Å². The quantitative estimate of drug-likeness (QED) is 0.632. The molecule has 0 bridgehead atoms. The van der Waals surface area contributed by atoms with Crippen molar-refractivity contribution in [2.24, 2.45) is 11.0 Å². The van der Waals surface area contributed by atoms with E-state index in [0.29, 0.717) is 24.6 Å². The van der Waals surface area contributed by atoms with Gasteiger partial charge in [-0.1, -0.05) is 13.8 Å². The minimum absolute atomic E-state index is 0.222. The lowest BCUT2D eigenvalue weighted by molar-refractivity contribution is 0.0954. The monoisotopic (exact) mass is 351 g/mol. The first-order valence-electron chi connectivity index (χ1n) is 8.31. The van der Waals surface area contributed by atoms with Crippen LogP contribution in [0.5, 0.6) is 0 Å². The zero-order valence-corrected chi connectivity index (χ0v) is 15.3. The van der Waals surface area contributed by atoms with Gasteiger partial charge in [0.15, 0.2) is 0 Å². The van der Waals surface area contributed by atoms with E-state index >= 15 is 0 Å². The number of carbonyl (C=O) groups is 1. The highest BCUT2D eigenvalue weighted by atomic mass is 32.2. The van der Waals surface area contributed by atoms with Gasteiger partial charge in [0, 0.05) is 24.4 Å². The molecule has 1 saturated heterocycles. The molecule has 24 heavy (non-hydrogen) atoms.